The summed E-state index contributed by atoms with van der Waals surface area (Å²) >= 11 is 1.35. The molecule has 6 nitrogen and oxygen atoms in total. The summed E-state index contributed by atoms with van der Waals surface area (Å²) in [5.41, 5.74) is 5.26. The summed E-state index contributed by atoms with van der Waals surface area (Å²) in [6, 6.07) is 1.93. The minimum Gasteiger partial charge on any atom is -0.365 e. The zero-order valence-corrected chi connectivity index (χ0v) is 11.0. The van der Waals surface area contributed by atoms with Gasteiger partial charge in [0.1, 0.15) is 9.88 Å². The zero-order valence-electron chi connectivity index (χ0n) is 10.2. The van der Waals surface area contributed by atoms with Crippen LogP contribution in [0.2, 0.25) is 0 Å². The molecular formula is C12H13N5OS. The Morgan fingerprint density at radius 1 is 1.37 bits per heavy atom. The Morgan fingerprint density at radius 3 is 2.84 bits per heavy atom. The molecule has 3 rings (SSSR count). The summed E-state index contributed by atoms with van der Waals surface area (Å²) in [6.07, 6.45) is 7.06. The lowest BCUT2D eigenvalue weighted by Gasteiger charge is -2.22. The van der Waals surface area contributed by atoms with Crippen LogP contribution < -0.4 is 10.6 Å². The van der Waals surface area contributed by atoms with E-state index in [0.29, 0.717) is 10.8 Å². The van der Waals surface area contributed by atoms with Crippen LogP contribution in [0.5, 0.6) is 0 Å². The summed E-state index contributed by atoms with van der Waals surface area (Å²) in [7, 11) is 0. The largest absolute Gasteiger partial charge is 0.365 e. The maximum absolute atomic E-state index is 11.1. The Labute approximate surface area is 114 Å². The average molecular weight is 275 g/mol. The number of hydrogen-bond acceptors (Lipinski definition) is 6. The second-order valence-electron chi connectivity index (χ2n) is 4.33. The van der Waals surface area contributed by atoms with Crippen molar-refractivity contribution < 1.29 is 4.79 Å². The molecule has 0 spiro atoms. The molecule has 1 saturated heterocycles. The van der Waals surface area contributed by atoms with Crippen LogP contribution in [0.25, 0.3) is 0 Å². The molecule has 2 aromatic rings. The molecule has 1 aliphatic rings. The van der Waals surface area contributed by atoms with Gasteiger partial charge in [0.2, 0.25) is 5.95 Å². The highest BCUT2D eigenvalue weighted by Gasteiger charge is 2.30. The molecule has 0 saturated carbocycles. The Kier molecular flexibility index (Phi) is 3.12. The smallest absolute Gasteiger partial charge is 0.260 e. The molecule has 1 atom stereocenters. The standard InChI is InChI=1S/C12H13N5OS/c13-10(18)9-7-16-11(19-9)8-3-1-6-17(8)12-14-4-2-5-15-12/h2,4-5,7-8H,1,3,6H2,(H2,13,18)/t8-/m0/s1. The highest BCUT2D eigenvalue weighted by Crippen LogP contribution is 2.35. The van der Waals surface area contributed by atoms with Crippen LogP contribution in [0, 0.1) is 0 Å². The quantitative estimate of drug-likeness (QED) is 0.914. The molecule has 1 amide bonds. The van der Waals surface area contributed by atoms with Gasteiger partial charge in [-0.3, -0.25) is 4.79 Å². The summed E-state index contributed by atoms with van der Waals surface area (Å²) in [4.78, 5) is 26.6. The molecule has 7 heteroatoms. The number of carbonyl (C=O) groups is 1. The van der Waals surface area contributed by atoms with Gasteiger partial charge in [0.25, 0.3) is 5.91 Å². The van der Waals surface area contributed by atoms with Crippen molar-refractivity contribution in [2.24, 2.45) is 5.73 Å². The van der Waals surface area contributed by atoms with Gasteiger partial charge in [-0.2, -0.15) is 0 Å². The van der Waals surface area contributed by atoms with E-state index in [1.807, 2.05) is 0 Å². The molecule has 0 aliphatic carbocycles. The van der Waals surface area contributed by atoms with Crippen LogP contribution in [-0.2, 0) is 0 Å². The lowest BCUT2D eigenvalue weighted by atomic mass is 10.2. The van der Waals surface area contributed by atoms with Gasteiger partial charge >= 0.3 is 0 Å². The van der Waals surface area contributed by atoms with Crippen LogP contribution in [0.3, 0.4) is 0 Å². The van der Waals surface area contributed by atoms with E-state index in [-0.39, 0.29) is 6.04 Å². The maximum atomic E-state index is 11.1. The van der Waals surface area contributed by atoms with Gasteiger partial charge in [0.15, 0.2) is 0 Å². The van der Waals surface area contributed by atoms with Crippen molar-refractivity contribution >= 4 is 23.2 Å². The lowest BCUT2D eigenvalue weighted by Crippen LogP contribution is -2.24. The maximum Gasteiger partial charge on any atom is 0.260 e. The van der Waals surface area contributed by atoms with Crippen molar-refractivity contribution in [1.29, 1.82) is 0 Å². The highest BCUT2D eigenvalue weighted by atomic mass is 32.1. The van der Waals surface area contributed by atoms with Crippen LogP contribution in [0.1, 0.15) is 33.6 Å². The lowest BCUT2D eigenvalue weighted by molar-refractivity contribution is 0.100. The minimum atomic E-state index is -0.427. The topological polar surface area (TPSA) is 85.0 Å². The van der Waals surface area contributed by atoms with E-state index in [4.69, 9.17) is 5.73 Å². The highest BCUT2D eigenvalue weighted by molar-refractivity contribution is 7.13. The molecule has 0 bridgehead atoms. The Bertz CT molecular complexity index is 585. The van der Waals surface area contributed by atoms with Crippen molar-refractivity contribution in [3.63, 3.8) is 0 Å². The third kappa shape index (κ3) is 2.28. The van der Waals surface area contributed by atoms with Crippen molar-refractivity contribution in [3.8, 4) is 0 Å². The first kappa shape index (κ1) is 12.0. The van der Waals surface area contributed by atoms with Gasteiger partial charge in [0.05, 0.1) is 12.2 Å². The van der Waals surface area contributed by atoms with Crippen molar-refractivity contribution in [3.05, 3.63) is 34.5 Å². The van der Waals surface area contributed by atoms with E-state index in [9.17, 15) is 4.79 Å². The molecule has 0 radical (unpaired) electrons. The molecule has 0 unspecified atom stereocenters. The van der Waals surface area contributed by atoms with Crippen molar-refractivity contribution in [1.82, 2.24) is 15.0 Å². The average Bonchev–Trinajstić information content (AvgIpc) is 3.08. The normalized spacial score (nSPS) is 18.7. The first-order chi connectivity index (χ1) is 9.25. The SMILES string of the molecule is NC(=O)c1cnc([C@@H]2CCCN2c2ncccn2)s1. The van der Waals surface area contributed by atoms with Crippen molar-refractivity contribution in [2.75, 3.05) is 11.4 Å². The third-order valence-corrected chi connectivity index (χ3v) is 4.23. The van der Waals surface area contributed by atoms with E-state index < -0.39 is 5.91 Å². The molecule has 1 aliphatic heterocycles. The molecule has 2 aromatic heterocycles. The number of amides is 1. The molecule has 19 heavy (non-hydrogen) atoms. The Morgan fingerprint density at radius 2 is 2.16 bits per heavy atom. The summed E-state index contributed by atoms with van der Waals surface area (Å²) in [5, 5.41) is 0.902. The molecule has 3 heterocycles. The Balaban J connectivity index is 1.88. The number of anilines is 1. The second-order valence-corrected chi connectivity index (χ2v) is 5.39. The summed E-state index contributed by atoms with van der Waals surface area (Å²) in [5.74, 6) is 0.282. The number of rotatable bonds is 3. The number of nitrogens with zero attached hydrogens (tertiary/aromatic N) is 4. The fraction of sp³-hybridized carbons (Fsp3) is 0.333. The van der Waals surface area contributed by atoms with Gasteiger partial charge in [-0.15, -0.1) is 11.3 Å². The molecule has 1 fully saturated rings. The number of carbonyl (C=O) groups excluding carboxylic acids is 1. The molecule has 98 valence electrons. The molecule has 2 N–H and O–H groups in total. The van der Waals surface area contributed by atoms with Gasteiger partial charge in [0, 0.05) is 18.9 Å². The fourth-order valence-electron chi connectivity index (χ4n) is 2.26. The van der Waals surface area contributed by atoms with E-state index in [0.717, 1.165) is 24.4 Å². The van der Waals surface area contributed by atoms with Crippen molar-refractivity contribution in [2.45, 2.75) is 18.9 Å². The first-order valence-corrected chi connectivity index (χ1v) is 6.86. The van der Waals surface area contributed by atoms with Gasteiger partial charge in [-0.1, -0.05) is 0 Å². The van der Waals surface area contributed by atoms with Gasteiger partial charge in [-0.25, -0.2) is 15.0 Å². The number of thiazole rings is 1. The fourth-order valence-corrected chi connectivity index (χ4v) is 3.18. The van der Waals surface area contributed by atoms with E-state index in [1.165, 1.54) is 11.3 Å². The predicted molar refractivity (Wildman–Crippen MR) is 72.0 cm³/mol. The predicted octanol–water partition coefficient (Wildman–Crippen LogP) is 1.37. The number of primary amides is 1. The zero-order chi connectivity index (χ0) is 13.2. The third-order valence-electron chi connectivity index (χ3n) is 3.11. The number of aromatic nitrogens is 3. The first-order valence-electron chi connectivity index (χ1n) is 6.05. The number of nitrogens with two attached hydrogens (primary N) is 1. The van der Waals surface area contributed by atoms with Crippen LogP contribution in [0.4, 0.5) is 5.95 Å². The van der Waals surface area contributed by atoms with E-state index >= 15 is 0 Å². The van der Waals surface area contributed by atoms with Crippen LogP contribution in [0.15, 0.2) is 24.7 Å². The number of hydrogen-bond donors (Lipinski definition) is 1. The summed E-state index contributed by atoms with van der Waals surface area (Å²) < 4.78 is 0. The Hall–Kier alpha value is -2.02. The monoisotopic (exact) mass is 275 g/mol. The van der Waals surface area contributed by atoms with Gasteiger partial charge in [-0.05, 0) is 18.9 Å². The minimum absolute atomic E-state index is 0.139. The molecular weight excluding hydrogens is 262 g/mol. The van der Waals surface area contributed by atoms with E-state index in [1.54, 1.807) is 24.7 Å². The summed E-state index contributed by atoms with van der Waals surface area (Å²) in [6.45, 7) is 0.903. The van der Waals surface area contributed by atoms with Gasteiger partial charge < -0.3 is 10.6 Å². The van der Waals surface area contributed by atoms with Crippen LogP contribution >= 0.6 is 11.3 Å². The second kappa shape index (κ2) is 4.93. The van der Waals surface area contributed by atoms with Crippen LogP contribution in [-0.4, -0.2) is 27.4 Å². The molecule has 0 aromatic carbocycles. The van der Waals surface area contributed by atoms with E-state index in [2.05, 4.69) is 19.9 Å².